The number of piperidine rings is 1. The van der Waals surface area contributed by atoms with Gasteiger partial charge < -0.3 is 10.1 Å². The molecule has 0 spiro atoms. The minimum atomic E-state index is -0.0160. The number of ether oxygens (including phenoxy) is 1. The molecule has 1 fully saturated rings. The number of carbonyl (C=O) groups excluding carboxylic acids is 1. The Morgan fingerprint density at radius 2 is 1.71 bits per heavy atom. The molecule has 1 aliphatic rings. The molecule has 3 nitrogen and oxygen atoms in total. The van der Waals surface area contributed by atoms with Crippen molar-refractivity contribution in [1.29, 1.82) is 0 Å². The summed E-state index contributed by atoms with van der Waals surface area (Å²) in [6.07, 6.45) is 4.85. The average molecular weight is 297 g/mol. The second-order valence-corrected chi connectivity index (χ2v) is 8.84. The van der Waals surface area contributed by atoms with Gasteiger partial charge in [-0.3, -0.25) is 4.79 Å². The first-order valence-corrected chi connectivity index (χ1v) is 8.48. The second-order valence-electron chi connectivity index (χ2n) is 8.84. The number of carbonyl (C=O) groups is 1. The van der Waals surface area contributed by atoms with Gasteiger partial charge in [0.25, 0.3) is 0 Å². The highest BCUT2D eigenvalue weighted by molar-refractivity contribution is 5.69. The molecule has 1 saturated heterocycles. The highest BCUT2D eigenvalue weighted by Gasteiger charge is 2.32. The third kappa shape index (κ3) is 7.85. The molecule has 124 valence electrons. The number of rotatable bonds is 5. The maximum absolute atomic E-state index is 12.2. The van der Waals surface area contributed by atoms with Crippen LogP contribution >= 0.6 is 0 Å². The van der Waals surface area contributed by atoms with Crippen LogP contribution in [-0.4, -0.2) is 25.2 Å². The molecule has 0 aromatic rings. The largest absolute Gasteiger partial charge is 0.462 e. The van der Waals surface area contributed by atoms with Gasteiger partial charge in [0.2, 0.25) is 0 Å². The van der Waals surface area contributed by atoms with Crippen LogP contribution in [0.1, 0.15) is 73.6 Å². The van der Waals surface area contributed by atoms with E-state index in [2.05, 4.69) is 46.9 Å². The maximum atomic E-state index is 12.2. The van der Waals surface area contributed by atoms with E-state index in [1.165, 1.54) is 12.8 Å². The van der Waals surface area contributed by atoms with Crippen molar-refractivity contribution in [3.63, 3.8) is 0 Å². The van der Waals surface area contributed by atoms with Crippen molar-refractivity contribution >= 4 is 5.97 Å². The topological polar surface area (TPSA) is 38.3 Å². The summed E-state index contributed by atoms with van der Waals surface area (Å²) in [6.45, 7) is 15.3. The zero-order valence-electron chi connectivity index (χ0n) is 14.9. The molecule has 1 atom stereocenters. The molecule has 3 heteroatoms. The summed E-state index contributed by atoms with van der Waals surface area (Å²) >= 11 is 0. The van der Waals surface area contributed by atoms with E-state index in [1.807, 2.05) is 0 Å². The Morgan fingerprint density at radius 1 is 1.14 bits per heavy atom. The van der Waals surface area contributed by atoms with Crippen LogP contribution in [-0.2, 0) is 9.53 Å². The van der Waals surface area contributed by atoms with Crippen LogP contribution in [0, 0.1) is 16.7 Å². The zero-order chi connectivity index (χ0) is 16.1. The van der Waals surface area contributed by atoms with Crippen molar-refractivity contribution in [2.75, 3.05) is 13.1 Å². The van der Waals surface area contributed by atoms with Crippen LogP contribution in [0.5, 0.6) is 0 Å². The van der Waals surface area contributed by atoms with Gasteiger partial charge in [-0.1, -0.05) is 41.5 Å². The summed E-state index contributed by atoms with van der Waals surface area (Å²) in [7, 11) is 0. The molecule has 1 rings (SSSR count). The lowest BCUT2D eigenvalue weighted by atomic mass is 9.78. The number of hydrogen-bond donors (Lipinski definition) is 1. The van der Waals surface area contributed by atoms with Crippen LogP contribution in [0.25, 0.3) is 0 Å². The van der Waals surface area contributed by atoms with E-state index in [9.17, 15) is 4.79 Å². The van der Waals surface area contributed by atoms with E-state index in [-0.39, 0.29) is 22.9 Å². The Morgan fingerprint density at radius 3 is 2.19 bits per heavy atom. The Bertz CT molecular complexity index is 319. The molecule has 0 amide bonds. The summed E-state index contributed by atoms with van der Waals surface area (Å²) in [5.74, 6) is 0.673. The minimum Gasteiger partial charge on any atom is -0.462 e. The Hall–Kier alpha value is -0.570. The predicted molar refractivity (Wildman–Crippen MR) is 88.2 cm³/mol. The summed E-state index contributed by atoms with van der Waals surface area (Å²) in [4.78, 5) is 12.2. The fraction of sp³-hybridized carbons (Fsp3) is 0.944. The molecule has 1 heterocycles. The third-order valence-corrected chi connectivity index (χ3v) is 4.25. The van der Waals surface area contributed by atoms with Gasteiger partial charge in [-0.05, 0) is 55.5 Å². The molecule has 0 radical (unpaired) electrons. The lowest BCUT2D eigenvalue weighted by Crippen LogP contribution is -2.35. The third-order valence-electron chi connectivity index (χ3n) is 4.25. The van der Waals surface area contributed by atoms with Crippen LogP contribution < -0.4 is 5.32 Å². The molecule has 0 aliphatic carbocycles. The van der Waals surface area contributed by atoms with Crippen molar-refractivity contribution in [3.8, 4) is 0 Å². The van der Waals surface area contributed by atoms with Gasteiger partial charge in [-0.15, -0.1) is 0 Å². The first-order chi connectivity index (χ1) is 9.58. The fourth-order valence-electron chi connectivity index (χ4n) is 2.79. The van der Waals surface area contributed by atoms with E-state index >= 15 is 0 Å². The number of nitrogens with one attached hydrogen (secondary N) is 1. The summed E-state index contributed by atoms with van der Waals surface area (Å²) in [5, 5.41) is 3.36. The van der Waals surface area contributed by atoms with E-state index in [0.717, 1.165) is 25.9 Å². The smallest absolute Gasteiger partial charge is 0.306 e. The van der Waals surface area contributed by atoms with Crippen LogP contribution in [0.3, 0.4) is 0 Å². The van der Waals surface area contributed by atoms with Crippen molar-refractivity contribution in [2.45, 2.75) is 79.8 Å². The highest BCUT2D eigenvalue weighted by atomic mass is 16.5. The fourth-order valence-corrected chi connectivity index (χ4v) is 2.79. The molecule has 21 heavy (non-hydrogen) atoms. The number of esters is 1. The summed E-state index contributed by atoms with van der Waals surface area (Å²) in [6, 6.07) is 0. The van der Waals surface area contributed by atoms with Crippen molar-refractivity contribution in [3.05, 3.63) is 0 Å². The van der Waals surface area contributed by atoms with Crippen LogP contribution in [0.2, 0.25) is 0 Å². The summed E-state index contributed by atoms with van der Waals surface area (Å²) < 4.78 is 5.83. The van der Waals surface area contributed by atoms with Gasteiger partial charge in [-0.25, -0.2) is 0 Å². The predicted octanol–water partition coefficient (Wildman–Crippen LogP) is 4.16. The van der Waals surface area contributed by atoms with Gasteiger partial charge in [0.05, 0.1) is 0 Å². The molecule has 0 aromatic carbocycles. The molecule has 1 N–H and O–H groups in total. The molecule has 1 unspecified atom stereocenters. The monoisotopic (exact) mass is 297 g/mol. The van der Waals surface area contributed by atoms with E-state index in [4.69, 9.17) is 4.74 Å². The minimum absolute atomic E-state index is 0.00183. The maximum Gasteiger partial charge on any atom is 0.306 e. The molecule has 0 saturated carbocycles. The lowest BCUT2D eigenvalue weighted by molar-refractivity contribution is -0.157. The lowest BCUT2D eigenvalue weighted by Gasteiger charge is -2.35. The highest BCUT2D eigenvalue weighted by Crippen LogP contribution is 2.33. The Balaban J connectivity index is 2.44. The van der Waals surface area contributed by atoms with Gasteiger partial charge in [-0.2, -0.15) is 0 Å². The van der Waals surface area contributed by atoms with Gasteiger partial charge >= 0.3 is 5.97 Å². The Labute approximate surface area is 131 Å². The zero-order valence-corrected chi connectivity index (χ0v) is 14.9. The SMILES string of the molecule is CC(C)(C)CC(OC(=O)CCC1CCNCC1)C(C)(C)C. The first kappa shape index (κ1) is 18.5. The van der Waals surface area contributed by atoms with E-state index in [0.29, 0.717) is 12.3 Å². The molecular weight excluding hydrogens is 262 g/mol. The second kappa shape index (κ2) is 7.62. The molecule has 1 aliphatic heterocycles. The number of hydrogen-bond acceptors (Lipinski definition) is 3. The van der Waals surface area contributed by atoms with E-state index in [1.54, 1.807) is 0 Å². The van der Waals surface area contributed by atoms with Gasteiger partial charge in [0.1, 0.15) is 6.10 Å². The van der Waals surface area contributed by atoms with Crippen LogP contribution in [0.15, 0.2) is 0 Å². The van der Waals surface area contributed by atoms with Gasteiger partial charge in [0.15, 0.2) is 0 Å². The van der Waals surface area contributed by atoms with Crippen LogP contribution in [0.4, 0.5) is 0 Å². The average Bonchev–Trinajstić information content (AvgIpc) is 2.34. The normalized spacial score (nSPS) is 19.3. The summed E-state index contributed by atoms with van der Waals surface area (Å²) in [5.41, 5.74) is 0.172. The van der Waals surface area contributed by atoms with Crippen molar-refractivity contribution in [1.82, 2.24) is 5.32 Å². The first-order valence-electron chi connectivity index (χ1n) is 8.48. The quantitative estimate of drug-likeness (QED) is 0.774. The van der Waals surface area contributed by atoms with Gasteiger partial charge in [0, 0.05) is 6.42 Å². The molecule has 0 aromatic heterocycles. The van der Waals surface area contributed by atoms with E-state index < -0.39 is 0 Å². The molecule has 0 bridgehead atoms. The standard InChI is InChI=1S/C18H35NO2/c1-17(2,3)13-15(18(4,5)6)21-16(20)8-7-14-9-11-19-12-10-14/h14-15,19H,7-13H2,1-6H3. The Kier molecular flexibility index (Phi) is 6.71. The van der Waals surface area contributed by atoms with Crippen molar-refractivity contribution < 1.29 is 9.53 Å². The molecular formula is C18H35NO2. The van der Waals surface area contributed by atoms with Crippen molar-refractivity contribution in [2.24, 2.45) is 16.7 Å².